The van der Waals surface area contributed by atoms with E-state index in [4.69, 9.17) is 4.74 Å². The second kappa shape index (κ2) is 8.55. The van der Waals surface area contributed by atoms with Gasteiger partial charge in [0.15, 0.2) is 0 Å². The fourth-order valence-corrected chi connectivity index (χ4v) is 1.86. The number of aliphatic hydroxyl groups excluding tert-OH is 1. The third-order valence-corrected chi connectivity index (χ3v) is 2.88. The molecule has 1 amide bonds. The lowest BCUT2D eigenvalue weighted by molar-refractivity contribution is -0.118. The highest BCUT2D eigenvalue weighted by Gasteiger charge is 2.08. The number of para-hydroxylation sites is 1. The Labute approximate surface area is 120 Å². The predicted octanol–water partition coefficient (Wildman–Crippen LogP) is 0.769. The number of hydrogen-bond donors (Lipinski definition) is 3. The van der Waals surface area contributed by atoms with Gasteiger partial charge in [0.1, 0.15) is 18.5 Å². The number of amides is 1. The number of nitrogens with one attached hydrogen (secondary N) is 2. The van der Waals surface area contributed by atoms with Crippen molar-refractivity contribution in [2.45, 2.75) is 26.9 Å². The highest BCUT2D eigenvalue weighted by atomic mass is 16.5. The van der Waals surface area contributed by atoms with Gasteiger partial charge in [-0.25, -0.2) is 0 Å². The molecular formula is C15H24N2O3. The van der Waals surface area contributed by atoms with Crippen molar-refractivity contribution in [2.24, 2.45) is 0 Å². The third-order valence-electron chi connectivity index (χ3n) is 2.88. The van der Waals surface area contributed by atoms with Crippen LogP contribution in [0.25, 0.3) is 0 Å². The number of ether oxygens (including phenoxy) is 1. The summed E-state index contributed by atoms with van der Waals surface area (Å²) in [7, 11) is 0. The van der Waals surface area contributed by atoms with Gasteiger partial charge in [0.2, 0.25) is 5.91 Å². The van der Waals surface area contributed by atoms with Crippen LogP contribution in [0.1, 0.15) is 18.1 Å². The lowest BCUT2D eigenvalue weighted by Gasteiger charge is -2.16. The summed E-state index contributed by atoms with van der Waals surface area (Å²) < 4.78 is 5.66. The Balaban J connectivity index is 2.23. The quantitative estimate of drug-likeness (QED) is 0.615. The number of carbonyl (C=O) groups excluding carboxylic acids is 1. The van der Waals surface area contributed by atoms with Gasteiger partial charge in [-0.05, 0) is 25.0 Å². The fourth-order valence-electron chi connectivity index (χ4n) is 1.86. The predicted molar refractivity (Wildman–Crippen MR) is 79.0 cm³/mol. The molecule has 20 heavy (non-hydrogen) atoms. The van der Waals surface area contributed by atoms with Crippen LogP contribution in [0, 0.1) is 13.8 Å². The Kier molecular flexibility index (Phi) is 7.04. The van der Waals surface area contributed by atoms with Crippen LogP contribution in [0.2, 0.25) is 0 Å². The van der Waals surface area contributed by atoms with Gasteiger partial charge in [-0.2, -0.15) is 0 Å². The van der Waals surface area contributed by atoms with E-state index in [1.54, 1.807) is 0 Å². The van der Waals surface area contributed by atoms with Crippen molar-refractivity contribution in [2.75, 3.05) is 26.2 Å². The van der Waals surface area contributed by atoms with E-state index in [1.807, 2.05) is 32.0 Å². The molecule has 0 radical (unpaired) electrons. The molecule has 1 atom stereocenters. The average Bonchev–Trinajstić information content (AvgIpc) is 2.37. The second-order valence-electron chi connectivity index (χ2n) is 4.87. The van der Waals surface area contributed by atoms with Gasteiger partial charge < -0.3 is 20.5 Å². The first-order valence-corrected chi connectivity index (χ1v) is 6.83. The molecule has 0 saturated carbocycles. The molecule has 1 rings (SSSR count). The number of aliphatic hydroxyl groups is 1. The second-order valence-corrected chi connectivity index (χ2v) is 4.87. The Hall–Kier alpha value is -1.59. The average molecular weight is 280 g/mol. The van der Waals surface area contributed by atoms with Crippen LogP contribution in [0.3, 0.4) is 0 Å². The van der Waals surface area contributed by atoms with Crippen molar-refractivity contribution >= 4 is 5.91 Å². The zero-order valence-electron chi connectivity index (χ0n) is 12.4. The highest BCUT2D eigenvalue weighted by molar-refractivity contribution is 5.72. The minimum absolute atomic E-state index is 0.0503. The standard InChI is InChI=1S/C15H24N2O3/c1-11-5-4-6-12(2)15(11)20-10-14(19)9-16-7-8-17-13(3)18/h4-6,14,16,19H,7-10H2,1-3H3,(H,17,18). The van der Waals surface area contributed by atoms with Gasteiger partial charge in [0, 0.05) is 26.6 Å². The van der Waals surface area contributed by atoms with E-state index in [0.717, 1.165) is 16.9 Å². The summed E-state index contributed by atoms with van der Waals surface area (Å²) >= 11 is 0. The van der Waals surface area contributed by atoms with Crippen molar-refractivity contribution in [3.63, 3.8) is 0 Å². The fraction of sp³-hybridized carbons (Fsp3) is 0.533. The van der Waals surface area contributed by atoms with Gasteiger partial charge >= 0.3 is 0 Å². The molecule has 3 N–H and O–H groups in total. The summed E-state index contributed by atoms with van der Waals surface area (Å²) in [5, 5.41) is 15.6. The molecule has 0 spiro atoms. The largest absolute Gasteiger partial charge is 0.490 e. The Morgan fingerprint density at radius 3 is 2.55 bits per heavy atom. The van der Waals surface area contributed by atoms with Gasteiger partial charge in [-0.3, -0.25) is 4.79 Å². The maximum absolute atomic E-state index is 10.7. The van der Waals surface area contributed by atoms with Gasteiger partial charge in [0.05, 0.1) is 0 Å². The zero-order valence-corrected chi connectivity index (χ0v) is 12.4. The van der Waals surface area contributed by atoms with Crippen molar-refractivity contribution in [3.8, 4) is 5.75 Å². The Bertz CT molecular complexity index is 415. The first-order valence-electron chi connectivity index (χ1n) is 6.83. The molecule has 0 fully saturated rings. The van der Waals surface area contributed by atoms with Crippen molar-refractivity contribution < 1.29 is 14.6 Å². The molecule has 0 aliphatic carbocycles. The van der Waals surface area contributed by atoms with Crippen LogP contribution in [0.15, 0.2) is 18.2 Å². The van der Waals surface area contributed by atoms with Crippen molar-refractivity contribution in [3.05, 3.63) is 29.3 Å². The SMILES string of the molecule is CC(=O)NCCNCC(O)COc1c(C)cccc1C. The number of aryl methyl sites for hydroxylation is 2. The molecule has 5 nitrogen and oxygen atoms in total. The van der Waals surface area contributed by atoms with E-state index >= 15 is 0 Å². The summed E-state index contributed by atoms with van der Waals surface area (Å²) in [6.45, 7) is 7.32. The van der Waals surface area contributed by atoms with E-state index in [0.29, 0.717) is 19.6 Å². The molecule has 112 valence electrons. The smallest absolute Gasteiger partial charge is 0.216 e. The molecular weight excluding hydrogens is 256 g/mol. The molecule has 0 saturated heterocycles. The normalized spacial score (nSPS) is 12.0. The number of benzene rings is 1. The lowest BCUT2D eigenvalue weighted by Crippen LogP contribution is -2.36. The Morgan fingerprint density at radius 2 is 1.95 bits per heavy atom. The van der Waals surface area contributed by atoms with E-state index in [-0.39, 0.29) is 12.5 Å². The molecule has 1 aromatic carbocycles. The van der Waals surface area contributed by atoms with E-state index in [2.05, 4.69) is 10.6 Å². The molecule has 0 aliphatic rings. The van der Waals surface area contributed by atoms with Crippen LogP contribution < -0.4 is 15.4 Å². The topological polar surface area (TPSA) is 70.6 Å². The number of carbonyl (C=O) groups is 1. The monoisotopic (exact) mass is 280 g/mol. The van der Waals surface area contributed by atoms with E-state index in [9.17, 15) is 9.90 Å². The summed E-state index contributed by atoms with van der Waals surface area (Å²) in [6, 6.07) is 5.96. The van der Waals surface area contributed by atoms with Gasteiger partial charge in [-0.15, -0.1) is 0 Å². The molecule has 0 bridgehead atoms. The minimum atomic E-state index is -0.577. The number of hydrogen-bond acceptors (Lipinski definition) is 4. The third kappa shape index (κ3) is 6.04. The minimum Gasteiger partial charge on any atom is -0.490 e. The van der Waals surface area contributed by atoms with E-state index in [1.165, 1.54) is 6.92 Å². The maximum Gasteiger partial charge on any atom is 0.216 e. The zero-order chi connectivity index (χ0) is 15.0. The number of rotatable bonds is 8. The molecule has 1 aromatic rings. The van der Waals surface area contributed by atoms with Crippen LogP contribution in [0.5, 0.6) is 5.75 Å². The van der Waals surface area contributed by atoms with E-state index < -0.39 is 6.10 Å². The van der Waals surface area contributed by atoms with Crippen LogP contribution in [0.4, 0.5) is 0 Å². The van der Waals surface area contributed by atoms with Crippen molar-refractivity contribution in [1.29, 1.82) is 0 Å². The van der Waals surface area contributed by atoms with Crippen LogP contribution in [-0.4, -0.2) is 43.4 Å². The Morgan fingerprint density at radius 1 is 1.30 bits per heavy atom. The molecule has 0 heterocycles. The van der Waals surface area contributed by atoms with Gasteiger partial charge in [0.25, 0.3) is 0 Å². The summed E-state index contributed by atoms with van der Waals surface area (Å²) in [5.41, 5.74) is 2.13. The molecule has 0 aliphatic heterocycles. The molecule has 1 unspecified atom stereocenters. The maximum atomic E-state index is 10.7. The van der Waals surface area contributed by atoms with Crippen LogP contribution >= 0.6 is 0 Å². The molecule has 0 aromatic heterocycles. The summed E-state index contributed by atoms with van der Waals surface area (Å²) in [6.07, 6.45) is -0.577. The highest BCUT2D eigenvalue weighted by Crippen LogP contribution is 2.22. The van der Waals surface area contributed by atoms with Crippen LogP contribution in [-0.2, 0) is 4.79 Å². The first kappa shape index (κ1) is 16.5. The summed E-state index contributed by atoms with van der Waals surface area (Å²) in [4.78, 5) is 10.7. The summed E-state index contributed by atoms with van der Waals surface area (Å²) in [5.74, 6) is 0.788. The van der Waals surface area contributed by atoms with Gasteiger partial charge in [-0.1, -0.05) is 18.2 Å². The first-order chi connectivity index (χ1) is 9.50. The molecule has 5 heteroatoms. The van der Waals surface area contributed by atoms with Crippen molar-refractivity contribution in [1.82, 2.24) is 10.6 Å². The lowest BCUT2D eigenvalue weighted by atomic mass is 10.1.